The summed E-state index contributed by atoms with van der Waals surface area (Å²) in [6, 6.07) is 0. The fourth-order valence-electron chi connectivity index (χ4n) is 1.48. The minimum Gasteiger partial charge on any atom is -1.00 e. The van der Waals surface area contributed by atoms with E-state index >= 15 is 0 Å². The molecule has 0 saturated carbocycles. The van der Waals surface area contributed by atoms with Crippen LogP contribution in [0.4, 0.5) is 0 Å². The van der Waals surface area contributed by atoms with Crippen molar-refractivity contribution >= 4 is 23.9 Å². The molecular weight excluding hydrogens is 412 g/mol. The molecule has 10 nitrogen and oxygen atoms in total. The van der Waals surface area contributed by atoms with Gasteiger partial charge >= 0.3 is 43.4 Å². The van der Waals surface area contributed by atoms with Crippen molar-refractivity contribution in [1.29, 1.82) is 0 Å². The van der Waals surface area contributed by atoms with Gasteiger partial charge in [0.05, 0.1) is 26.2 Å². The number of aliphatic carboxylic acids is 4. The number of carboxylic acids is 4. The standard InChI is InChI=1S/C10H16N2O8.2ClH.Zn/c13-7(14)3-11(4-8(15)16)1-2-12(5-9(17)18)6-10(19)20;;;/h1-6H2,(H,13,14)(H,15,16)(H,17,18)(H,19,20);2*1H;/q;;;+2/p-2. The number of hydrogen-bond donors (Lipinski definition) is 4. The first-order valence-corrected chi connectivity index (χ1v) is 5.52. The van der Waals surface area contributed by atoms with Crippen LogP contribution in [0.2, 0.25) is 0 Å². The molecule has 0 atom stereocenters. The Bertz CT molecular complexity index is 331. The summed E-state index contributed by atoms with van der Waals surface area (Å²) in [6.07, 6.45) is 0. The van der Waals surface area contributed by atoms with Crippen molar-refractivity contribution in [3.05, 3.63) is 0 Å². The first kappa shape index (κ1) is 29.9. The van der Waals surface area contributed by atoms with Crippen LogP contribution in [0, 0.1) is 0 Å². The summed E-state index contributed by atoms with van der Waals surface area (Å²) in [5.74, 6) is -4.91. The Morgan fingerprint density at radius 3 is 0.870 bits per heavy atom. The van der Waals surface area contributed by atoms with Crippen molar-refractivity contribution in [2.75, 3.05) is 39.3 Å². The van der Waals surface area contributed by atoms with Gasteiger partial charge in [-0.05, 0) is 0 Å². The zero-order chi connectivity index (χ0) is 15.7. The quantitative estimate of drug-likeness (QED) is 0.233. The van der Waals surface area contributed by atoms with Gasteiger partial charge in [-0.15, -0.1) is 0 Å². The van der Waals surface area contributed by atoms with E-state index < -0.39 is 50.1 Å². The van der Waals surface area contributed by atoms with Crippen LogP contribution in [0.5, 0.6) is 0 Å². The topological polar surface area (TPSA) is 156 Å². The number of rotatable bonds is 11. The minimum absolute atomic E-state index is 0. The maximum absolute atomic E-state index is 10.6. The Balaban J connectivity index is -0.000000602. The van der Waals surface area contributed by atoms with Crippen LogP contribution in [0.1, 0.15) is 0 Å². The largest absolute Gasteiger partial charge is 2.00 e. The molecule has 0 radical (unpaired) electrons. The molecule has 0 spiro atoms. The van der Waals surface area contributed by atoms with Gasteiger partial charge in [0.2, 0.25) is 0 Å². The van der Waals surface area contributed by atoms with Crippen molar-refractivity contribution in [1.82, 2.24) is 9.80 Å². The second-order valence-electron chi connectivity index (χ2n) is 4.00. The molecule has 23 heavy (non-hydrogen) atoms. The number of carbonyl (C=O) groups is 4. The summed E-state index contributed by atoms with van der Waals surface area (Å²) in [6.45, 7) is -2.25. The van der Waals surface area contributed by atoms with E-state index in [1.807, 2.05) is 0 Å². The van der Waals surface area contributed by atoms with Gasteiger partial charge in [-0.25, -0.2) is 0 Å². The predicted octanol–water partition coefficient (Wildman–Crippen LogP) is -8.07. The van der Waals surface area contributed by atoms with E-state index in [1.165, 1.54) is 0 Å². The third-order valence-corrected chi connectivity index (χ3v) is 2.17. The summed E-state index contributed by atoms with van der Waals surface area (Å²) in [4.78, 5) is 44.4. The zero-order valence-corrected chi connectivity index (χ0v) is 16.5. The van der Waals surface area contributed by atoms with Crippen molar-refractivity contribution in [3.8, 4) is 0 Å². The van der Waals surface area contributed by atoms with Crippen molar-refractivity contribution in [2.24, 2.45) is 0 Å². The Hall–Kier alpha value is -0.997. The van der Waals surface area contributed by atoms with E-state index in [4.69, 9.17) is 20.4 Å². The summed E-state index contributed by atoms with van der Waals surface area (Å²) >= 11 is 0. The van der Waals surface area contributed by atoms with Gasteiger partial charge in [0, 0.05) is 13.1 Å². The Morgan fingerprint density at radius 2 is 0.739 bits per heavy atom. The summed E-state index contributed by atoms with van der Waals surface area (Å²) in [7, 11) is 0. The number of hydrogen-bond acceptors (Lipinski definition) is 6. The molecule has 0 saturated heterocycles. The Labute approximate surface area is 157 Å². The van der Waals surface area contributed by atoms with Gasteiger partial charge in [-0.2, -0.15) is 0 Å². The minimum atomic E-state index is -1.23. The molecule has 4 N–H and O–H groups in total. The normalized spacial score (nSPS) is 9.30. The molecule has 0 fully saturated rings. The summed E-state index contributed by atoms with van der Waals surface area (Å²) < 4.78 is 0. The predicted molar refractivity (Wildman–Crippen MR) is 63.4 cm³/mol. The Kier molecular flexibility index (Phi) is 20.7. The van der Waals surface area contributed by atoms with Gasteiger partial charge in [0.1, 0.15) is 0 Å². The third kappa shape index (κ3) is 19.0. The van der Waals surface area contributed by atoms with Crippen molar-refractivity contribution in [3.63, 3.8) is 0 Å². The summed E-state index contributed by atoms with van der Waals surface area (Å²) in [5, 5.41) is 34.5. The van der Waals surface area contributed by atoms with Crippen LogP contribution >= 0.6 is 0 Å². The molecule has 130 valence electrons. The van der Waals surface area contributed by atoms with E-state index in [-0.39, 0.29) is 57.4 Å². The van der Waals surface area contributed by atoms with Crippen LogP contribution in [-0.4, -0.2) is 93.4 Å². The average molecular weight is 429 g/mol. The SMILES string of the molecule is O=C(O)CN(CCN(CC(=O)O)CC(=O)O)CC(=O)O.[Cl-].[Cl-].[Zn+2]. The molecule has 0 amide bonds. The summed E-state index contributed by atoms with van der Waals surface area (Å²) in [5.41, 5.74) is 0. The number of halogens is 2. The molecule has 0 aliphatic heterocycles. The number of nitrogens with zero attached hydrogens (tertiary/aromatic N) is 2. The Morgan fingerprint density at radius 1 is 0.565 bits per heavy atom. The molecule has 13 heteroatoms. The van der Waals surface area contributed by atoms with Crippen LogP contribution in [0.3, 0.4) is 0 Å². The molecule has 0 aromatic carbocycles. The molecule has 0 aromatic heterocycles. The second kappa shape index (κ2) is 15.9. The first-order chi connectivity index (χ1) is 9.20. The molecule has 0 aliphatic rings. The molecule has 0 heterocycles. The van der Waals surface area contributed by atoms with E-state index in [2.05, 4.69) is 0 Å². The van der Waals surface area contributed by atoms with E-state index in [0.29, 0.717) is 0 Å². The molecule has 0 unspecified atom stereocenters. The van der Waals surface area contributed by atoms with Crippen LogP contribution in [0.15, 0.2) is 0 Å². The molecular formula is C10H16Cl2N2O8Zn. The number of carboxylic acid groups (broad SMARTS) is 4. The van der Waals surface area contributed by atoms with E-state index in [0.717, 1.165) is 9.80 Å². The fraction of sp³-hybridized carbons (Fsp3) is 0.600. The zero-order valence-electron chi connectivity index (χ0n) is 12.0. The average Bonchev–Trinajstić information content (AvgIpc) is 2.22. The maximum Gasteiger partial charge on any atom is 2.00 e. The van der Waals surface area contributed by atoms with Gasteiger partial charge in [-0.1, -0.05) is 0 Å². The van der Waals surface area contributed by atoms with Crippen LogP contribution in [-0.2, 0) is 38.7 Å². The van der Waals surface area contributed by atoms with Gasteiger partial charge in [0.15, 0.2) is 0 Å². The second-order valence-corrected chi connectivity index (χ2v) is 4.00. The van der Waals surface area contributed by atoms with Crippen molar-refractivity contribution < 1.29 is 83.9 Å². The molecule has 0 aliphatic carbocycles. The first-order valence-electron chi connectivity index (χ1n) is 5.52. The fourth-order valence-corrected chi connectivity index (χ4v) is 1.48. The van der Waals surface area contributed by atoms with Crippen LogP contribution in [0.25, 0.3) is 0 Å². The van der Waals surface area contributed by atoms with Gasteiger partial charge < -0.3 is 45.2 Å². The monoisotopic (exact) mass is 426 g/mol. The molecule has 0 bridgehead atoms. The third-order valence-electron chi connectivity index (χ3n) is 2.17. The maximum atomic E-state index is 10.6. The van der Waals surface area contributed by atoms with E-state index in [9.17, 15) is 19.2 Å². The molecule has 0 aromatic rings. The van der Waals surface area contributed by atoms with E-state index in [1.54, 1.807) is 0 Å². The smallest absolute Gasteiger partial charge is 1.00 e. The molecule has 0 rings (SSSR count). The van der Waals surface area contributed by atoms with Crippen molar-refractivity contribution in [2.45, 2.75) is 0 Å². The van der Waals surface area contributed by atoms with Gasteiger partial charge in [0.25, 0.3) is 0 Å². The van der Waals surface area contributed by atoms with Crippen LogP contribution < -0.4 is 24.8 Å². The van der Waals surface area contributed by atoms with Gasteiger partial charge in [-0.3, -0.25) is 29.0 Å².